The molecule has 6 rings (SSSR count). The molecule has 196 valence electrons. The number of rotatable bonds is 7. The van der Waals surface area contributed by atoms with Gasteiger partial charge in [0.25, 0.3) is 0 Å². The van der Waals surface area contributed by atoms with Gasteiger partial charge < -0.3 is 19.9 Å². The lowest BCUT2D eigenvalue weighted by molar-refractivity contribution is -0.128. The van der Waals surface area contributed by atoms with Crippen LogP contribution in [0.1, 0.15) is 57.1 Å². The third-order valence-electron chi connectivity index (χ3n) is 8.31. The van der Waals surface area contributed by atoms with Crippen molar-refractivity contribution in [1.29, 1.82) is 5.41 Å². The highest BCUT2D eigenvalue weighted by atomic mass is 16.5. The Hall–Kier alpha value is -3.13. The van der Waals surface area contributed by atoms with Crippen LogP contribution in [0, 0.1) is 11.3 Å². The highest BCUT2D eigenvalue weighted by molar-refractivity contribution is 6.09. The maximum absolute atomic E-state index is 12.2. The number of nitrogens with one attached hydrogen (secondary N) is 2. The molecule has 2 N–H and O–H groups in total. The molecule has 1 amide bonds. The topological polar surface area (TPSA) is 86.5 Å². The first-order valence-electron chi connectivity index (χ1n) is 13.9. The van der Waals surface area contributed by atoms with Crippen molar-refractivity contribution >= 4 is 17.4 Å². The van der Waals surface area contributed by atoms with Crippen LogP contribution in [0.4, 0.5) is 5.69 Å². The van der Waals surface area contributed by atoms with E-state index in [1.807, 2.05) is 11.1 Å². The fourth-order valence-corrected chi connectivity index (χ4v) is 5.88. The molecule has 1 saturated carbocycles. The predicted octanol–water partition coefficient (Wildman–Crippen LogP) is 4.14. The maximum Gasteiger partial charge on any atom is 0.219 e. The van der Waals surface area contributed by atoms with Gasteiger partial charge in [0, 0.05) is 74.9 Å². The van der Waals surface area contributed by atoms with Crippen LogP contribution in [0.5, 0.6) is 0 Å². The molecule has 3 aliphatic heterocycles. The minimum atomic E-state index is 0.0721. The molecule has 1 aliphatic carbocycles. The van der Waals surface area contributed by atoms with Crippen molar-refractivity contribution < 1.29 is 9.53 Å². The summed E-state index contributed by atoms with van der Waals surface area (Å²) in [6, 6.07) is 7.20. The van der Waals surface area contributed by atoms with Crippen molar-refractivity contribution in [1.82, 2.24) is 20.0 Å². The van der Waals surface area contributed by atoms with Gasteiger partial charge in [0.15, 0.2) is 0 Å². The lowest BCUT2D eigenvalue weighted by Gasteiger charge is -2.37. The van der Waals surface area contributed by atoms with Crippen LogP contribution in [-0.4, -0.2) is 65.8 Å². The summed E-state index contributed by atoms with van der Waals surface area (Å²) in [5, 5.41) is 17.5. The molecule has 1 unspecified atom stereocenters. The molecule has 8 nitrogen and oxygen atoms in total. The second-order valence-corrected chi connectivity index (χ2v) is 11.0. The Balaban J connectivity index is 1.23. The summed E-state index contributed by atoms with van der Waals surface area (Å²) in [5.41, 5.74) is 6.82. The van der Waals surface area contributed by atoms with Gasteiger partial charge in [-0.05, 0) is 67.7 Å². The number of hydrogen-bond acceptors (Lipinski definition) is 5. The van der Waals surface area contributed by atoms with Gasteiger partial charge in [0.2, 0.25) is 5.91 Å². The quantitative estimate of drug-likeness (QED) is 0.439. The van der Waals surface area contributed by atoms with Crippen molar-refractivity contribution in [3.63, 3.8) is 0 Å². The molecule has 1 aromatic carbocycles. The monoisotopic (exact) mass is 502 g/mol. The number of hydrogen-bond donors (Lipinski definition) is 2. The van der Waals surface area contributed by atoms with Crippen molar-refractivity contribution in [2.24, 2.45) is 5.92 Å². The minimum Gasteiger partial charge on any atom is -0.388 e. The maximum atomic E-state index is 12.2. The molecule has 1 aromatic heterocycles. The van der Waals surface area contributed by atoms with E-state index in [2.05, 4.69) is 44.4 Å². The van der Waals surface area contributed by atoms with Crippen molar-refractivity contribution in [2.45, 2.75) is 57.9 Å². The van der Waals surface area contributed by atoms with Gasteiger partial charge in [-0.2, -0.15) is 5.10 Å². The predicted molar refractivity (Wildman–Crippen MR) is 145 cm³/mol. The van der Waals surface area contributed by atoms with Gasteiger partial charge in [-0.25, -0.2) is 0 Å². The lowest BCUT2D eigenvalue weighted by atomic mass is 9.95. The van der Waals surface area contributed by atoms with Crippen LogP contribution in [0.2, 0.25) is 0 Å². The van der Waals surface area contributed by atoms with Gasteiger partial charge >= 0.3 is 0 Å². The first-order valence-corrected chi connectivity index (χ1v) is 13.9. The summed E-state index contributed by atoms with van der Waals surface area (Å²) in [6.45, 7) is 6.26. The number of amides is 1. The van der Waals surface area contributed by atoms with Crippen LogP contribution < -0.4 is 10.2 Å². The van der Waals surface area contributed by atoms with E-state index in [0.29, 0.717) is 30.9 Å². The van der Waals surface area contributed by atoms with Crippen LogP contribution in [-0.2, 0) is 16.0 Å². The molecule has 2 fully saturated rings. The van der Waals surface area contributed by atoms with E-state index in [1.165, 1.54) is 24.0 Å². The van der Waals surface area contributed by atoms with E-state index in [9.17, 15) is 10.2 Å². The molecule has 4 aliphatic rings. The Morgan fingerprint density at radius 2 is 2.08 bits per heavy atom. The van der Waals surface area contributed by atoms with E-state index >= 15 is 0 Å². The summed E-state index contributed by atoms with van der Waals surface area (Å²) < 4.78 is 7.63. The zero-order valence-electron chi connectivity index (χ0n) is 21.8. The van der Waals surface area contributed by atoms with E-state index in [0.717, 1.165) is 80.9 Å². The highest BCUT2D eigenvalue weighted by Crippen LogP contribution is 2.37. The average Bonchev–Trinajstić information content (AvgIpc) is 3.41. The summed E-state index contributed by atoms with van der Waals surface area (Å²) in [7, 11) is 0. The number of carbonyl (C=O) groups excluding carboxylic acids is 1. The van der Waals surface area contributed by atoms with Crippen LogP contribution in [0.15, 0.2) is 41.9 Å². The first kappa shape index (κ1) is 24.2. The van der Waals surface area contributed by atoms with Gasteiger partial charge in [-0.1, -0.05) is 6.07 Å². The lowest BCUT2D eigenvalue weighted by Crippen LogP contribution is -2.45. The highest BCUT2D eigenvalue weighted by Gasteiger charge is 2.30. The third-order valence-corrected chi connectivity index (χ3v) is 8.31. The van der Waals surface area contributed by atoms with Gasteiger partial charge in [0.1, 0.15) is 5.84 Å². The van der Waals surface area contributed by atoms with Gasteiger partial charge in [-0.3, -0.25) is 14.9 Å². The molecule has 37 heavy (non-hydrogen) atoms. The third kappa shape index (κ3) is 5.17. The van der Waals surface area contributed by atoms with Crippen molar-refractivity contribution in [3.8, 4) is 11.1 Å². The zero-order chi connectivity index (χ0) is 25.4. The number of anilines is 1. The smallest absolute Gasteiger partial charge is 0.219 e. The number of aromatic nitrogens is 2. The molecule has 8 heteroatoms. The van der Waals surface area contributed by atoms with Gasteiger partial charge in [-0.15, -0.1) is 0 Å². The number of benzene rings is 1. The standard InChI is InChI=1S/C29H38N6O2/c1-20(36)33-13-9-27(31-11-8-21-10-14-37-19-21)26(18-33)29(30)34-12-2-3-23-15-22(4-7-28(23)34)24-16-32-35(17-24)25-5-6-25/h4,7,15-17,21,25,30-31H,2-3,5-6,8-14,18-19H2,1H3. The Morgan fingerprint density at radius 1 is 1.19 bits per heavy atom. The number of aryl methyl sites for hydroxylation is 1. The van der Waals surface area contributed by atoms with Gasteiger partial charge in [0.05, 0.1) is 18.8 Å². The van der Waals surface area contributed by atoms with E-state index in [1.54, 1.807) is 6.92 Å². The Kier molecular flexibility index (Phi) is 6.76. The van der Waals surface area contributed by atoms with E-state index < -0.39 is 0 Å². The number of amidine groups is 1. The van der Waals surface area contributed by atoms with Crippen molar-refractivity contribution in [3.05, 3.63) is 47.4 Å². The molecule has 0 spiro atoms. The molecule has 0 bridgehead atoms. The molecule has 1 saturated heterocycles. The van der Waals surface area contributed by atoms with E-state index in [4.69, 9.17) is 4.74 Å². The van der Waals surface area contributed by atoms with Crippen molar-refractivity contribution in [2.75, 3.05) is 44.3 Å². The molecule has 0 radical (unpaired) electrons. The molecule has 2 aromatic rings. The largest absolute Gasteiger partial charge is 0.388 e. The summed E-state index contributed by atoms with van der Waals surface area (Å²) in [4.78, 5) is 16.3. The SMILES string of the molecule is CC(=O)N1CCC(NCCC2CCOC2)=C(C(=N)N2CCCc3cc(-c4cnn(C5CC5)c4)ccc32)C1. The number of ether oxygens (including phenoxy) is 1. The summed E-state index contributed by atoms with van der Waals surface area (Å²) >= 11 is 0. The fraction of sp³-hybridized carbons (Fsp3) is 0.552. The molecule has 1 atom stereocenters. The second kappa shape index (κ2) is 10.3. The molecule has 4 heterocycles. The Labute approximate surface area is 219 Å². The molecular weight excluding hydrogens is 464 g/mol. The average molecular weight is 503 g/mol. The zero-order valence-corrected chi connectivity index (χ0v) is 21.8. The van der Waals surface area contributed by atoms with Crippen LogP contribution >= 0.6 is 0 Å². The minimum absolute atomic E-state index is 0.0721. The normalized spacial score (nSPS) is 21.8. The van der Waals surface area contributed by atoms with Crippen LogP contribution in [0.3, 0.4) is 0 Å². The fourth-order valence-electron chi connectivity index (χ4n) is 5.88. The molecular formula is C29H38N6O2. The first-order chi connectivity index (χ1) is 18.1. The Bertz CT molecular complexity index is 1210. The second-order valence-electron chi connectivity index (χ2n) is 11.0. The number of carbonyl (C=O) groups is 1. The van der Waals surface area contributed by atoms with E-state index in [-0.39, 0.29) is 5.91 Å². The summed E-state index contributed by atoms with van der Waals surface area (Å²) in [6.07, 6.45) is 11.6. The summed E-state index contributed by atoms with van der Waals surface area (Å²) in [5.74, 6) is 1.21. The number of fused-ring (bicyclic) bond motifs is 1. The number of nitrogens with zero attached hydrogens (tertiary/aromatic N) is 4. The van der Waals surface area contributed by atoms with Crippen LogP contribution in [0.25, 0.3) is 11.1 Å². The Morgan fingerprint density at radius 3 is 2.86 bits per heavy atom.